The van der Waals surface area contributed by atoms with Crippen molar-refractivity contribution in [1.29, 1.82) is 0 Å². The second kappa shape index (κ2) is 10.3. The van der Waals surface area contributed by atoms with E-state index in [1.165, 1.54) is 0 Å². The summed E-state index contributed by atoms with van der Waals surface area (Å²) in [4.78, 5) is 25.6. The fourth-order valence-corrected chi connectivity index (χ4v) is 2.94. The SMILES string of the molecule is CCCCCCCC(=O)C(N)(C(=O)OC(C)C)C(C)c1ccccc1. The number of hydrogen-bond acceptors (Lipinski definition) is 4. The van der Waals surface area contributed by atoms with Gasteiger partial charge in [0.15, 0.2) is 11.3 Å². The topological polar surface area (TPSA) is 69.4 Å². The molecular weight excluding hydrogens is 314 g/mol. The molecular formula is C21H33NO3. The maximum atomic E-state index is 12.9. The summed E-state index contributed by atoms with van der Waals surface area (Å²) in [6, 6.07) is 9.45. The zero-order valence-corrected chi connectivity index (χ0v) is 16.1. The van der Waals surface area contributed by atoms with Gasteiger partial charge in [0.1, 0.15) is 0 Å². The van der Waals surface area contributed by atoms with Crippen LogP contribution < -0.4 is 5.73 Å². The van der Waals surface area contributed by atoms with Crippen molar-refractivity contribution < 1.29 is 14.3 Å². The molecule has 0 bridgehead atoms. The van der Waals surface area contributed by atoms with E-state index in [1.807, 2.05) is 37.3 Å². The first-order chi connectivity index (χ1) is 11.8. The van der Waals surface area contributed by atoms with Gasteiger partial charge in [0.05, 0.1) is 6.10 Å². The molecule has 1 aromatic carbocycles. The summed E-state index contributed by atoms with van der Waals surface area (Å²) < 4.78 is 5.34. The first-order valence-electron chi connectivity index (χ1n) is 9.42. The molecule has 0 radical (unpaired) electrons. The Morgan fingerprint density at radius 2 is 1.64 bits per heavy atom. The second-order valence-corrected chi connectivity index (χ2v) is 7.04. The van der Waals surface area contributed by atoms with Crippen LogP contribution in [0.3, 0.4) is 0 Å². The van der Waals surface area contributed by atoms with Crippen molar-refractivity contribution in [1.82, 2.24) is 0 Å². The minimum Gasteiger partial charge on any atom is -0.461 e. The summed E-state index contributed by atoms with van der Waals surface area (Å²) in [5, 5.41) is 0. The Labute approximate surface area is 152 Å². The molecule has 0 amide bonds. The molecule has 0 aliphatic carbocycles. The number of ketones is 1. The molecule has 2 N–H and O–H groups in total. The van der Waals surface area contributed by atoms with Crippen LogP contribution in [0.25, 0.3) is 0 Å². The van der Waals surface area contributed by atoms with E-state index < -0.39 is 17.4 Å². The highest BCUT2D eigenvalue weighted by molar-refractivity contribution is 6.09. The van der Waals surface area contributed by atoms with E-state index in [9.17, 15) is 9.59 Å². The van der Waals surface area contributed by atoms with Crippen LogP contribution in [0.15, 0.2) is 30.3 Å². The molecule has 0 spiro atoms. The molecule has 0 saturated heterocycles. The normalized spacial score (nSPS) is 14.8. The third-order valence-electron chi connectivity index (χ3n) is 4.63. The standard InChI is InChI=1S/C21H33NO3/c1-5-6-7-8-12-15-19(23)21(22,20(24)25-16(2)3)17(4)18-13-10-9-11-14-18/h9-11,13-14,16-17H,5-8,12,15,22H2,1-4H3. The van der Waals surface area contributed by atoms with Gasteiger partial charge in [-0.15, -0.1) is 0 Å². The first-order valence-corrected chi connectivity index (χ1v) is 9.42. The lowest BCUT2D eigenvalue weighted by Crippen LogP contribution is -2.59. The van der Waals surface area contributed by atoms with Gasteiger partial charge in [-0.3, -0.25) is 4.79 Å². The molecule has 140 valence electrons. The predicted molar refractivity (Wildman–Crippen MR) is 101 cm³/mol. The molecule has 1 aromatic rings. The molecule has 4 nitrogen and oxygen atoms in total. The molecule has 0 aromatic heterocycles. The van der Waals surface area contributed by atoms with Crippen LogP contribution in [0.5, 0.6) is 0 Å². The van der Waals surface area contributed by atoms with Gasteiger partial charge in [-0.25, -0.2) is 4.79 Å². The van der Waals surface area contributed by atoms with Gasteiger partial charge >= 0.3 is 5.97 Å². The van der Waals surface area contributed by atoms with Crippen LogP contribution >= 0.6 is 0 Å². The number of ether oxygens (including phenoxy) is 1. The number of benzene rings is 1. The van der Waals surface area contributed by atoms with E-state index in [4.69, 9.17) is 10.5 Å². The van der Waals surface area contributed by atoms with E-state index >= 15 is 0 Å². The van der Waals surface area contributed by atoms with Gasteiger partial charge in [-0.05, 0) is 25.8 Å². The van der Waals surface area contributed by atoms with Crippen molar-refractivity contribution in [2.24, 2.45) is 5.73 Å². The quantitative estimate of drug-likeness (QED) is 0.367. The van der Waals surface area contributed by atoms with Gasteiger partial charge in [0.25, 0.3) is 0 Å². The molecule has 0 aliphatic rings. The van der Waals surface area contributed by atoms with E-state index in [0.29, 0.717) is 6.42 Å². The minimum absolute atomic E-state index is 0.231. The van der Waals surface area contributed by atoms with E-state index in [2.05, 4.69) is 6.92 Å². The average Bonchev–Trinajstić information content (AvgIpc) is 2.60. The number of unbranched alkanes of at least 4 members (excludes halogenated alkanes) is 4. The maximum absolute atomic E-state index is 12.9. The van der Waals surface area contributed by atoms with Crippen molar-refractivity contribution >= 4 is 11.8 Å². The number of Topliss-reactive ketones (excluding diaryl/α,β-unsaturated/α-hetero) is 1. The predicted octanol–water partition coefficient (Wildman–Crippen LogP) is 4.37. The van der Waals surface area contributed by atoms with Crippen molar-refractivity contribution in [3.63, 3.8) is 0 Å². The summed E-state index contributed by atoms with van der Waals surface area (Å²) in [6.45, 7) is 7.51. The van der Waals surface area contributed by atoms with Crippen LogP contribution in [0.4, 0.5) is 0 Å². The van der Waals surface area contributed by atoms with Crippen LogP contribution in [-0.4, -0.2) is 23.4 Å². The van der Waals surface area contributed by atoms with E-state index in [0.717, 1.165) is 37.7 Å². The summed E-state index contributed by atoms with van der Waals surface area (Å²) in [5.74, 6) is -1.30. The van der Waals surface area contributed by atoms with E-state index in [-0.39, 0.29) is 11.9 Å². The smallest absolute Gasteiger partial charge is 0.334 e. The lowest BCUT2D eigenvalue weighted by Gasteiger charge is -2.33. The lowest BCUT2D eigenvalue weighted by atomic mass is 9.76. The summed E-state index contributed by atoms with van der Waals surface area (Å²) in [7, 11) is 0. The Hall–Kier alpha value is -1.68. The second-order valence-electron chi connectivity index (χ2n) is 7.04. The number of rotatable bonds is 11. The van der Waals surface area contributed by atoms with Crippen molar-refractivity contribution in [2.75, 3.05) is 0 Å². The third-order valence-corrected chi connectivity index (χ3v) is 4.63. The molecule has 0 fully saturated rings. The van der Waals surface area contributed by atoms with Crippen molar-refractivity contribution in [3.8, 4) is 0 Å². The van der Waals surface area contributed by atoms with Gasteiger partial charge < -0.3 is 10.5 Å². The maximum Gasteiger partial charge on any atom is 0.334 e. The fourth-order valence-electron chi connectivity index (χ4n) is 2.94. The van der Waals surface area contributed by atoms with Crippen LogP contribution in [0.1, 0.15) is 77.7 Å². The highest BCUT2D eigenvalue weighted by Gasteiger charge is 2.48. The monoisotopic (exact) mass is 347 g/mol. The summed E-state index contributed by atoms with van der Waals surface area (Å²) in [5.41, 5.74) is 5.65. The number of esters is 1. The number of hydrogen-bond donors (Lipinski definition) is 1. The Morgan fingerprint density at radius 3 is 2.20 bits per heavy atom. The molecule has 4 heteroatoms. The molecule has 0 saturated carbocycles. The number of carbonyl (C=O) groups excluding carboxylic acids is 2. The fraction of sp³-hybridized carbons (Fsp3) is 0.619. The van der Waals surface area contributed by atoms with Gasteiger partial charge in [0, 0.05) is 12.3 Å². The van der Waals surface area contributed by atoms with Crippen molar-refractivity contribution in [2.45, 2.75) is 83.8 Å². The molecule has 2 atom stereocenters. The highest BCUT2D eigenvalue weighted by Crippen LogP contribution is 2.30. The zero-order valence-electron chi connectivity index (χ0n) is 16.1. The zero-order chi connectivity index (χ0) is 18.9. The van der Waals surface area contributed by atoms with Crippen molar-refractivity contribution in [3.05, 3.63) is 35.9 Å². The molecule has 1 rings (SSSR count). The molecule has 0 heterocycles. The summed E-state index contributed by atoms with van der Waals surface area (Å²) >= 11 is 0. The molecule has 25 heavy (non-hydrogen) atoms. The van der Waals surface area contributed by atoms with Gasteiger partial charge in [0.2, 0.25) is 0 Å². The van der Waals surface area contributed by atoms with Crippen LogP contribution in [-0.2, 0) is 14.3 Å². The number of carbonyl (C=O) groups is 2. The molecule has 0 aliphatic heterocycles. The lowest BCUT2D eigenvalue weighted by molar-refractivity contribution is -0.158. The Kier molecular flexibility index (Phi) is 8.84. The minimum atomic E-state index is -1.64. The number of nitrogens with two attached hydrogens (primary N) is 1. The van der Waals surface area contributed by atoms with Gasteiger partial charge in [-0.2, -0.15) is 0 Å². The summed E-state index contributed by atoms with van der Waals surface area (Å²) in [6.07, 6.45) is 5.16. The highest BCUT2D eigenvalue weighted by atomic mass is 16.5. The van der Waals surface area contributed by atoms with Crippen LogP contribution in [0, 0.1) is 0 Å². The average molecular weight is 347 g/mol. The first kappa shape index (κ1) is 21.4. The van der Waals surface area contributed by atoms with Gasteiger partial charge in [-0.1, -0.05) is 69.9 Å². The van der Waals surface area contributed by atoms with Crippen LogP contribution in [0.2, 0.25) is 0 Å². The Morgan fingerprint density at radius 1 is 1.04 bits per heavy atom. The third kappa shape index (κ3) is 5.96. The Balaban J connectivity index is 2.94. The largest absolute Gasteiger partial charge is 0.461 e. The Bertz CT molecular complexity index is 541. The van der Waals surface area contributed by atoms with E-state index in [1.54, 1.807) is 13.8 Å². The molecule has 2 unspecified atom stereocenters.